The summed E-state index contributed by atoms with van der Waals surface area (Å²) in [5.41, 5.74) is 0.875. The molecule has 6 nitrogen and oxygen atoms in total. The molecule has 0 heterocycles. The van der Waals surface area contributed by atoms with E-state index in [0.29, 0.717) is 16.9 Å². The van der Waals surface area contributed by atoms with Crippen molar-refractivity contribution in [1.29, 1.82) is 5.26 Å². The summed E-state index contributed by atoms with van der Waals surface area (Å²) in [6, 6.07) is 13.7. The van der Waals surface area contributed by atoms with E-state index in [1.165, 1.54) is 24.3 Å². The number of carbonyl (C=O) groups excluding carboxylic acids is 1. The third-order valence-corrected chi connectivity index (χ3v) is 2.75. The van der Waals surface area contributed by atoms with Gasteiger partial charge in [0.05, 0.1) is 16.6 Å². The van der Waals surface area contributed by atoms with Crippen LogP contribution in [0.1, 0.15) is 15.9 Å². The van der Waals surface area contributed by atoms with E-state index >= 15 is 0 Å². The molecule has 0 aliphatic carbocycles. The normalized spacial score (nSPS) is 9.67. The number of carbonyl (C=O) groups is 1. The second-order valence-corrected chi connectivity index (χ2v) is 4.15. The Hall–Kier alpha value is -3.20. The maximum Gasteiger partial charge on any atom is 0.269 e. The molecule has 0 aliphatic heterocycles. The number of benzene rings is 2. The molecule has 0 unspecified atom stereocenters. The molecule has 21 heavy (non-hydrogen) atoms. The molecule has 2 aromatic rings. The van der Waals surface area contributed by atoms with Crippen molar-refractivity contribution < 1.29 is 14.5 Å². The van der Waals surface area contributed by atoms with Crippen molar-refractivity contribution in [3.8, 4) is 11.8 Å². The molecule has 0 aromatic heterocycles. The Kier molecular flexibility index (Phi) is 4.26. The van der Waals surface area contributed by atoms with E-state index in [1.54, 1.807) is 24.3 Å². The van der Waals surface area contributed by atoms with Crippen LogP contribution < -0.4 is 4.74 Å². The minimum absolute atomic E-state index is 0.0410. The Morgan fingerprint density at radius 2 is 1.76 bits per heavy atom. The molecule has 6 heteroatoms. The first-order valence-corrected chi connectivity index (χ1v) is 6.01. The van der Waals surface area contributed by atoms with Crippen molar-refractivity contribution in [2.45, 2.75) is 0 Å². The van der Waals surface area contributed by atoms with Crippen LogP contribution in [0.4, 0.5) is 5.69 Å². The topological polar surface area (TPSA) is 93.2 Å². The fourth-order valence-electron chi connectivity index (χ4n) is 1.63. The lowest BCUT2D eigenvalue weighted by molar-refractivity contribution is -0.384. The summed E-state index contributed by atoms with van der Waals surface area (Å²) < 4.78 is 5.28. The molecular formula is C15H10N2O4. The highest BCUT2D eigenvalue weighted by Crippen LogP contribution is 2.17. The second-order valence-electron chi connectivity index (χ2n) is 4.15. The molecule has 0 N–H and O–H groups in total. The summed E-state index contributed by atoms with van der Waals surface area (Å²) in [5, 5.41) is 19.2. The van der Waals surface area contributed by atoms with E-state index < -0.39 is 4.92 Å². The number of hydrogen-bond donors (Lipinski definition) is 0. The van der Waals surface area contributed by atoms with Crippen LogP contribution in [-0.2, 0) is 0 Å². The van der Waals surface area contributed by atoms with Crippen LogP contribution in [0.3, 0.4) is 0 Å². The van der Waals surface area contributed by atoms with Gasteiger partial charge in [0.15, 0.2) is 12.4 Å². The van der Waals surface area contributed by atoms with E-state index in [4.69, 9.17) is 10.00 Å². The van der Waals surface area contributed by atoms with Crippen molar-refractivity contribution in [3.63, 3.8) is 0 Å². The van der Waals surface area contributed by atoms with Gasteiger partial charge >= 0.3 is 0 Å². The van der Waals surface area contributed by atoms with Crippen LogP contribution >= 0.6 is 0 Å². The minimum Gasteiger partial charge on any atom is -0.485 e. The molecule has 0 aliphatic rings. The smallest absolute Gasteiger partial charge is 0.269 e. The van der Waals surface area contributed by atoms with Crippen LogP contribution in [0.15, 0.2) is 48.5 Å². The maximum atomic E-state index is 11.9. The molecule has 0 saturated carbocycles. The molecule has 0 atom stereocenters. The first kappa shape index (κ1) is 14.2. The van der Waals surface area contributed by atoms with Gasteiger partial charge in [-0.15, -0.1) is 0 Å². The number of nitriles is 1. The average molecular weight is 282 g/mol. The standard InChI is InChI=1S/C15H10N2O4/c16-9-11-1-3-12(4-2-11)15(18)10-21-14-7-5-13(6-8-14)17(19)20/h1-8H,10H2. The number of ketones is 1. The minimum atomic E-state index is -0.508. The van der Waals surface area contributed by atoms with Gasteiger partial charge in [-0.25, -0.2) is 0 Å². The van der Waals surface area contributed by atoms with Gasteiger partial charge in [-0.2, -0.15) is 5.26 Å². The molecule has 2 aromatic carbocycles. The largest absolute Gasteiger partial charge is 0.485 e. The van der Waals surface area contributed by atoms with E-state index in [0.717, 1.165) is 0 Å². The molecule has 0 radical (unpaired) electrons. The van der Waals surface area contributed by atoms with E-state index in [9.17, 15) is 14.9 Å². The number of Topliss-reactive ketones (excluding diaryl/α,β-unsaturated/α-hetero) is 1. The fourth-order valence-corrected chi connectivity index (χ4v) is 1.63. The number of rotatable bonds is 5. The van der Waals surface area contributed by atoms with Gasteiger partial charge in [0, 0.05) is 17.7 Å². The van der Waals surface area contributed by atoms with Crippen LogP contribution in [0, 0.1) is 21.4 Å². The van der Waals surface area contributed by atoms with Gasteiger partial charge in [-0.3, -0.25) is 14.9 Å². The molecule has 0 bridgehead atoms. The molecule has 0 saturated heterocycles. The van der Waals surface area contributed by atoms with Gasteiger partial charge in [0.2, 0.25) is 0 Å². The SMILES string of the molecule is N#Cc1ccc(C(=O)COc2ccc([N+](=O)[O-])cc2)cc1. The summed E-state index contributed by atoms with van der Waals surface area (Å²) >= 11 is 0. The monoisotopic (exact) mass is 282 g/mol. The van der Waals surface area contributed by atoms with E-state index in [2.05, 4.69) is 0 Å². The molecule has 0 fully saturated rings. The second kappa shape index (κ2) is 6.30. The van der Waals surface area contributed by atoms with E-state index in [-0.39, 0.29) is 18.1 Å². The molecule has 104 valence electrons. The highest BCUT2D eigenvalue weighted by molar-refractivity contribution is 5.97. The first-order valence-electron chi connectivity index (χ1n) is 6.01. The number of nitrogens with zero attached hydrogens (tertiary/aromatic N) is 2. The number of non-ortho nitro benzene ring substituents is 1. The average Bonchev–Trinajstić information content (AvgIpc) is 2.53. The lowest BCUT2D eigenvalue weighted by Gasteiger charge is -2.05. The zero-order chi connectivity index (χ0) is 15.2. The molecule has 0 amide bonds. The molecule has 0 spiro atoms. The Labute approximate surface area is 120 Å². The fraction of sp³-hybridized carbons (Fsp3) is 0.0667. The van der Waals surface area contributed by atoms with Crippen molar-refractivity contribution in [2.75, 3.05) is 6.61 Å². The van der Waals surface area contributed by atoms with Crippen LogP contribution in [0.25, 0.3) is 0 Å². The van der Waals surface area contributed by atoms with E-state index in [1.807, 2.05) is 6.07 Å². The highest BCUT2D eigenvalue weighted by atomic mass is 16.6. The first-order chi connectivity index (χ1) is 10.1. The van der Waals surface area contributed by atoms with Crippen molar-refractivity contribution >= 4 is 11.5 Å². The quantitative estimate of drug-likeness (QED) is 0.477. The Balaban J connectivity index is 1.97. The van der Waals surface area contributed by atoms with Crippen LogP contribution in [0.2, 0.25) is 0 Å². The number of ether oxygens (including phenoxy) is 1. The van der Waals surface area contributed by atoms with Gasteiger partial charge in [0.1, 0.15) is 5.75 Å². The third kappa shape index (κ3) is 3.64. The Morgan fingerprint density at radius 1 is 1.14 bits per heavy atom. The summed E-state index contributed by atoms with van der Waals surface area (Å²) in [6.07, 6.45) is 0. The van der Waals surface area contributed by atoms with Gasteiger partial charge in [-0.1, -0.05) is 0 Å². The predicted molar refractivity (Wildman–Crippen MR) is 74.1 cm³/mol. The summed E-state index contributed by atoms with van der Waals surface area (Å²) in [4.78, 5) is 21.9. The van der Waals surface area contributed by atoms with Gasteiger partial charge < -0.3 is 4.74 Å². The Bertz CT molecular complexity index is 700. The summed E-state index contributed by atoms with van der Waals surface area (Å²) in [6.45, 7) is -0.177. The maximum absolute atomic E-state index is 11.9. The van der Waals surface area contributed by atoms with Gasteiger partial charge in [-0.05, 0) is 36.4 Å². The highest BCUT2D eigenvalue weighted by Gasteiger charge is 2.08. The zero-order valence-electron chi connectivity index (χ0n) is 10.9. The number of nitro benzene ring substituents is 1. The van der Waals surface area contributed by atoms with Gasteiger partial charge in [0.25, 0.3) is 5.69 Å². The number of hydrogen-bond acceptors (Lipinski definition) is 5. The lowest BCUT2D eigenvalue weighted by Crippen LogP contribution is -2.11. The lowest BCUT2D eigenvalue weighted by atomic mass is 10.1. The van der Waals surface area contributed by atoms with Crippen LogP contribution in [0.5, 0.6) is 5.75 Å². The van der Waals surface area contributed by atoms with Crippen molar-refractivity contribution in [1.82, 2.24) is 0 Å². The Morgan fingerprint density at radius 3 is 2.29 bits per heavy atom. The summed E-state index contributed by atoms with van der Waals surface area (Å²) in [7, 11) is 0. The van der Waals surface area contributed by atoms with Crippen LogP contribution in [-0.4, -0.2) is 17.3 Å². The van der Waals surface area contributed by atoms with Crippen molar-refractivity contribution in [3.05, 3.63) is 69.8 Å². The molecule has 2 rings (SSSR count). The summed E-state index contributed by atoms with van der Waals surface area (Å²) in [5.74, 6) is 0.139. The zero-order valence-corrected chi connectivity index (χ0v) is 10.9. The van der Waals surface area contributed by atoms with Crippen molar-refractivity contribution in [2.24, 2.45) is 0 Å². The number of nitro groups is 1. The third-order valence-electron chi connectivity index (χ3n) is 2.75. The molecular weight excluding hydrogens is 272 g/mol. The predicted octanol–water partition coefficient (Wildman–Crippen LogP) is 2.73.